The third kappa shape index (κ3) is 3.67. The maximum absolute atomic E-state index is 12.5. The summed E-state index contributed by atoms with van der Waals surface area (Å²) in [6.07, 6.45) is -0.177. The van der Waals surface area contributed by atoms with Gasteiger partial charge in [-0.2, -0.15) is 4.31 Å². The van der Waals surface area contributed by atoms with Gasteiger partial charge in [-0.15, -0.1) is 0 Å². The lowest BCUT2D eigenvalue weighted by molar-refractivity contribution is 0.0723. The monoisotopic (exact) mass is 388 g/mol. The van der Waals surface area contributed by atoms with E-state index in [-0.39, 0.29) is 11.9 Å². The van der Waals surface area contributed by atoms with E-state index in [0.29, 0.717) is 24.0 Å². The van der Waals surface area contributed by atoms with E-state index in [1.807, 2.05) is 36.4 Å². The molecule has 0 N–H and O–H groups in total. The highest BCUT2D eigenvalue weighted by molar-refractivity contribution is 7.88. The van der Waals surface area contributed by atoms with Crippen LogP contribution in [0.4, 0.5) is 0 Å². The van der Waals surface area contributed by atoms with Crippen molar-refractivity contribution in [1.82, 2.24) is 9.29 Å². The maximum Gasteiger partial charge on any atom is 0.218 e. The van der Waals surface area contributed by atoms with Gasteiger partial charge in [0.05, 0.1) is 24.4 Å². The minimum absolute atomic E-state index is 0.0366. The molecule has 3 aromatic rings. The number of halogens is 1. The van der Waals surface area contributed by atoms with Gasteiger partial charge in [0.2, 0.25) is 15.9 Å². The highest BCUT2D eigenvalue weighted by atomic mass is 35.5. The van der Waals surface area contributed by atoms with Crippen molar-refractivity contribution in [2.75, 3.05) is 13.1 Å². The summed E-state index contributed by atoms with van der Waals surface area (Å²) in [6, 6.07) is 18.4. The van der Waals surface area contributed by atoms with Crippen molar-refractivity contribution in [3.63, 3.8) is 0 Å². The van der Waals surface area contributed by atoms with Crippen molar-refractivity contribution in [3.8, 4) is 5.88 Å². The van der Waals surface area contributed by atoms with Crippen LogP contribution in [0.1, 0.15) is 5.56 Å². The molecule has 0 aliphatic carbocycles. The highest BCUT2D eigenvalue weighted by Gasteiger charge is 2.37. The molecular formula is C19H17ClN2O3S. The molecule has 0 bridgehead atoms. The van der Waals surface area contributed by atoms with E-state index in [2.05, 4.69) is 4.98 Å². The van der Waals surface area contributed by atoms with Crippen LogP contribution >= 0.6 is 11.6 Å². The molecule has 1 aromatic heterocycles. The van der Waals surface area contributed by atoms with Gasteiger partial charge in [0.1, 0.15) is 6.10 Å². The van der Waals surface area contributed by atoms with Gasteiger partial charge in [0.15, 0.2) is 0 Å². The van der Waals surface area contributed by atoms with Gasteiger partial charge < -0.3 is 4.74 Å². The Labute approximate surface area is 157 Å². The lowest BCUT2D eigenvalue weighted by Crippen LogP contribution is -2.56. The summed E-state index contributed by atoms with van der Waals surface area (Å²) in [6.45, 7) is 0.675. The number of nitrogens with zero attached hydrogens (tertiary/aromatic N) is 2. The van der Waals surface area contributed by atoms with Crippen molar-refractivity contribution < 1.29 is 13.2 Å². The van der Waals surface area contributed by atoms with E-state index in [1.165, 1.54) is 4.31 Å². The van der Waals surface area contributed by atoms with E-state index < -0.39 is 10.0 Å². The fourth-order valence-corrected chi connectivity index (χ4v) is 4.58. The second-order valence-corrected chi connectivity index (χ2v) is 8.69. The number of pyridine rings is 1. The summed E-state index contributed by atoms with van der Waals surface area (Å²) < 4.78 is 32.2. The number of hydrogen-bond donors (Lipinski definition) is 0. The van der Waals surface area contributed by atoms with Gasteiger partial charge in [-0.3, -0.25) is 0 Å². The SMILES string of the molecule is O=S(=O)(Cc1ccc(Cl)cc1)N1CC(Oc2ccc3ccccc3n2)C1. The molecule has 7 heteroatoms. The number of benzene rings is 2. The summed E-state index contributed by atoms with van der Waals surface area (Å²) >= 11 is 5.83. The zero-order chi connectivity index (χ0) is 18.1. The Kier molecular flexibility index (Phi) is 4.56. The second-order valence-electron chi connectivity index (χ2n) is 6.28. The normalized spacial score (nSPS) is 15.7. The molecule has 0 saturated carbocycles. The smallest absolute Gasteiger partial charge is 0.218 e. The number of rotatable bonds is 5. The largest absolute Gasteiger partial charge is 0.472 e. The molecule has 0 atom stereocenters. The number of fused-ring (bicyclic) bond motifs is 1. The molecule has 0 radical (unpaired) electrons. The first kappa shape index (κ1) is 17.3. The summed E-state index contributed by atoms with van der Waals surface area (Å²) in [5.74, 6) is 0.480. The molecule has 1 aliphatic heterocycles. The van der Waals surface area contributed by atoms with Gasteiger partial charge in [-0.25, -0.2) is 13.4 Å². The number of sulfonamides is 1. The van der Waals surface area contributed by atoms with Crippen molar-refractivity contribution in [2.24, 2.45) is 0 Å². The summed E-state index contributed by atoms with van der Waals surface area (Å²) in [5.41, 5.74) is 1.58. The molecule has 0 spiro atoms. The zero-order valence-electron chi connectivity index (χ0n) is 13.9. The fraction of sp³-hybridized carbons (Fsp3) is 0.211. The average Bonchev–Trinajstić information content (AvgIpc) is 2.59. The number of ether oxygens (including phenoxy) is 1. The lowest BCUT2D eigenvalue weighted by atomic mass is 10.2. The van der Waals surface area contributed by atoms with Crippen molar-refractivity contribution >= 4 is 32.5 Å². The number of aromatic nitrogens is 1. The molecule has 0 unspecified atom stereocenters. The predicted molar refractivity (Wildman–Crippen MR) is 102 cm³/mol. The Morgan fingerprint density at radius 1 is 1.04 bits per heavy atom. The van der Waals surface area contributed by atoms with Crippen LogP contribution in [0.25, 0.3) is 10.9 Å². The first-order valence-corrected chi connectivity index (χ1v) is 10.2. The van der Waals surface area contributed by atoms with Crippen LogP contribution in [0.3, 0.4) is 0 Å². The molecule has 1 saturated heterocycles. The van der Waals surface area contributed by atoms with E-state index in [4.69, 9.17) is 16.3 Å². The van der Waals surface area contributed by atoms with Crippen LogP contribution in [0.5, 0.6) is 5.88 Å². The second kappa shape index (κ2) is 6.87. The Bertz CT molecular complexity index is 1030. The third-order valence-electron chi connectivity index (χ3n) is 4.33. The maximum atomic E-state index is 12.5. The Balaban J connectivity index is 1.37. The van der Waals surface area contributed by atoms with Crippen molar-refractivity contribution in [1.29, 1.82) is 0 Å². The summed E-state index contributed by atoms with van der Waals surface area (Å²) in [7, 11) is -3.36. The fourth-order valence-electron chi connectivity index (χ4n) is 2.87. The first-order valence-electron chi connectivity index (χ1n) is 8.24. The Morgan fingerprint density at radius 3 is 2.54 bits per heavy atom. The summed E-state index contributed by atoms with van der Waals surface area (Å²) in [4.78, 5) is 4.46. The number of hydrogen-bond acceptors (Lipinski definition) is 4. The Hall–Kier alpha value is -2.15. The van der Waals surface area contributed by atoms with Crippen LogP contribution in [0, 0.1) is 0 Å². The van der Waals surface area contributed by atoms with Crippen LogP contribution in [-0.2, 0) is 15.8 Å². The first-order chi connectivity index (χ1) is 12.5. The summed E-state index contributed by atoms with van der Waals surface area (Å²) in [5, 5.41) is 1.63. The van der Waals surface area contributed by atoms with Gasteiger partial charge in [-0.1, -0.05) is 41.9 Å². The molecule has 5 nitrogen and oxygen atoms in total. The third-order valence-corrected chi connectivity index (χ3v) is 6.37. The van der Waals surface area contributed by atoms with E-state index >= 15 is 0 Å². The lowest BCUT2D eigenvalue weighted by Gasteiger charge is -2.37. The molecule has 2 aromatic carbocycles. The molecule has 0 amide bonds. The Morgan fingerprint density at radius 2 is 1.77 bits per heavy atom. The predicted octanol–water partition coefficient (Wildman–Crippen LogP) is 3.48. The van der Waals surface area contributed by atoms with Crippen LogP contribution in [0.2, 0.25) is 5.02 Å². The average molecular weight is 389 g/mol. The van der Waals surface area contributed by atoms with Crippen LogP contribution < -0.4 is 4.74 Å². The van der Waals surface area contributed by atoms with Gasteiger partial charge >= 0.3 is 0 Å². The van der Waals surface area contributed by atoms with E-state index in [9.17, 15) is 8.42 Å². The van der Waals surface area contributed by atoms with Gasteiger partial charge in [0, 0.05) is 16.5 Å². The van der Waals surface area contributed by atoms with Gasteiger partial charge in [0.25, 0.3) is 0 Å². The van der Waals surface area contributed by atoms with Gasteiger partial charge in [-0.05, 0) is 29.8 Å². The minimum atomic E-state index is -3.36. The standard InChI is InChI=1S/C19H17ClN2O3S/c20-16-8-5-14(6-9-16)13-26(23,24)22-11-17(12-22)25-19-10-7-15-3-1-2-4-18(15)21-19/h1-10,17H,11-13H2. The molecule has 2 heterocycles. The minimum Gasteiger partial charge on any atom is -0.472 e. The molecule has 26 heavy (non-hydrogen) atoms. The molecule has 134 valence electrons. The van der Waals surface area contributed by atoms with E-state index in [1.54, 1.807) is 24.3 Å². The highest BCUT2D eigenvalue weighted by Crippen LogP contribution is 2.23. The molecule has 4 rings (SSSR count). The molecule has 1 fully saturated rings. The number of para-hydroxylation sites is 1. The molecule has 1 aliphatic rings. The zero-order valence-corrected chi connectivity index (χ0v) is 15.4. The van der Waals surface area contributed by atoms with E-state index in [0.717, 1.165) is 16.5 Å². The molecular weight excluding hydrogens is 372 g/mol. The quantitative estimate of drug-likeness (QED) is 0.671. The van der Waals surface area contributed by atoms with Crippen LogP contribution in [-0.4, -0.2) is 36.9 Å². The topological polar surface area (TPSA) is 59.5 Å². The van der Waals surface area contributed by atoms with Crippen molar-refractivity contribution in [3.05, 3.63) is 71.2 Å². The van der Waals surface area contributed by atoms with Crippen LogP contribution in [0.15, 0.2) is 60.7 Å². The van der Waals surface area contributed by atoms with Crippen molar-refractivity contribution in [2.45, 2.75) is 11.9 Å².